The highest BCUT2D eigenvalue weighted by atomic mass is 127. The molecule has 0 spiro atoms. The van der Waals surface area contributed by atoms with Gasteiger partial charge in [0.15, 0.2) is 5.96 Å². The molecule has 0 aromatic heterocycles. The summed E-state index contributed by atoms with van der Waals surface area (Å²) in [4.78, 5) is 11.9. The molecule has 2 aliphatic rings. The number of nitrogens with zero attached hydrogens (tertiary/aromatic N) is 4. The maximum Gasteiger partial charge on any atom is 0.193 e. The summed E-state index contributed by atoms with van der Waals surface area (Å²) >= 11 is 0. The van der Waals surface area contributed by atoms with Crippen LogP contribution in [0.5, 0.6) is 0 Å². The van der Waals surface area contributed by atoms with Gasteiger partial charge in [-0.3, -0.25) is 9.89 Å². The zero-order valence-corrected chi connectivity index (χ0v) is 20.6. The summed E-state index contributed by atoms with van der Waals surface area (Å²) in [6.07, 6.45) is 2.35. The molecule has 1 aromatic rings. The number of guanidine groups is 1. The second-order valence-corrected chi connectivity index (χ2v) is 8.05. The van der Waals surface area contributed by atoms with E-state index in [0.29, 0.717) is 5.92 Å². The number of aryl methyl sites for hydroxylation is 1. The standard InChI is InChI=1S/C22H37N5O.HI/c1-19-6-4-7-21(16-19)26-14-12-25(13-15-26)10-5-9-24-22(23-2)27-11-8-20(17-27)18-28-3;/h4,6-7,16,20H,5,8-15,17-18H2,1-3H3,(H,23,24);1H. The minimum Gasteiger partial charge on any atom is -0.384 e. The Bertz CT molecular complexity index is 633. The van der Waals surface area contributed by atoms with Gasteiger partial charge >= 0.3 is 0 Å². The fraction of sp³-hybridized carbons (Fsp3) is 0.682. The summed E-state index contributed by atoms with van der Waals surface area (Å²) < 4.78 is 5.30. The Balaban J connectivity index is 0.00000300. The van der Waals surface area contributed by atoms with Crippen LogP contribution in [0.3, 0.4) is 0 Å². The number of anilines is 1. The van der Waals surface area contributed by atoms with E-state index in [1.54, 1.807) is 7.11 Å². The number of piperazine rings is 1. The number of halogens is 1. The molecule has 164 valence electrons. The molecule has 2 aliphatic heterocycles. The third-order valence-electron chi connectivity index (χ3n) is 5.87. The van der Waals surface area contributed by atoms with Crippen LogP contribution in [0.4, 0.5) is 5.69 Å². The molecule has 3 rings (SSSR count). The first-order chi connectivity index (χ1) is 13.7. The van der Waals surface area contributed by atoms with Crippen LogP contribution in [-0.2, 0) is 4.74 Å². The summed E-state index contributed by atoms with van der Waals surface area (Å²) in [6.45, 7) is 11.8. The number of likely N-dealkylation sites (tertiary alicyclic amines) is 1. The van der Waals surface area contributed by atoms with Crippen molar-refractivity contribution >= 4 is 35.6 Å². The van der Waals surface area contributed by atoms with Crippen molar-refractivity contribution in [3.8, 4) is 0 Å². The van der Waals surface area contributed by atoms with Gasteiger partial charge in [-0.15, -0.1) is 24.0 Å². The van der Waals surface area contributed by atoms with Crippen LogP contribution >= 0.6 is 24.0 Å². The van der Waals surface area contributed by atoms with Gasteiger partial charge in [0, 0.05) is 71.6 Å². The van der Waals surface area contributed by atoms with E-state index in [4.69, 9.17) is 4.74 Å². The number of benzene rings is 1. The first-order valence-electron chi connectivity index (χ1n) is 10.7. The van der Waals surface area contributed by atoms with Crippen molar-refractivity contribution in [1.82, 2.24) is 15.1 Å². The van der Waals surface area contributed by atoms with Crippen LogP contribution in [0, 0.1) is 12.8 Å². The highest BCUT2D eigenvalue weighted by Gasteiger charge is 2.24. The monoisotopic (exact) mass is 515 g/mol. The molecular weight excluding hydrogens is 477 g/mol. The van der Waals surface area contributed by atoms with Gasteiger partial charge in [-0.05, 0) is 44.0 Å². The van der Waals surface area contributed by atoms with Crippen LogP contribution in [0.15, 0.2) is 29.3 Å². The van der Waals surface area contributed by atoms with E-state index >= 15 is 0 Å². The maximum absolute atomic E-state index is 5.30. The van der Waals surface area contributed by atoms with Gasteiger partial charge in [0.25, 0.3) is 0 Å². The lowest BCUT2D eigenvalue weighted by atomic mass is 10.1. The van der Waals surface area contributed by atoms with Gasteiger partial charge in [-0.1, -0.05) is 12.1 Å². The van der Waals surface area contributed by atoms with Crippen LogP contribution in [-0.4, -0.2) is 88.9 Å². The molecule has 2 saturated heterocycles. The molecular formula is C22H38IN5O. The number of hydrogen-bond donors (Lipinski definition) is 1. The van der Waals surface area contributed by atoms with Crippen molar-refractivity contribution in [3.63, 3.8) is 0 Å². The first kappa shape index (κ1) is 24.2. The van der Waals surface area contributed by atoms with Gasteiger partial charge in [0.1, 0.15) is 0 Å². The summed E-state index contributed by atoms with van der Waals surface area (Å²) in [7, 11) is 3.67. The third-order valence-corrected chi connectivity index (χ3v) is 5.87. The van der Waals surface area contributed by atoms with Crippen molar-refractivity contribution in [1.29, 1.82) is 0 Å². The fourth-order valence-corrected chi connectivity index (χ4v) is 4.29. The van der Waals surface area contributed by atoms with Crippen LogP contribution in [0.2, 0.25) is 0 Å². The largest absolute Gasteiger partial charge is 0.384 e. The Kier molecular flexibility index (Phi) is 10.5. The number of rotatable bonds is 7. The molecule has 0 saturated carbocycles. The van der Waals surface area contributed by atoms with Crippen LogP contribution in [0.1, 0.15) is 18.4 Å². The Morgan fingerprint density at radius 3 is 2.69 bits per heavy atom. The third kappa shape index (κ3) is 7.29. The number of methoxy groups -OCH3 is 1. The van der Waals surface area contributed by atoms with Gasteiger partial charge in [-0.2, -0.15) is 0 Å². The molecule has 2 heterocycles. The average Bonchev–Trinajstić information content (AvgIpc) is 3.17. The first-order valence-corrected chi connectivity index (χ1v) is 10.7. The minimum absolute atomic E-state index is 0. The Morgan fingerprint density at radius 2 is 2.00 bits per heavy atom. The van der Waals surface area contributed by atoms with Crippen molar-refractivity contribution < 1.29 is 4.74 Å². The molecule has 6 nitrogen and oxygen atoms in total. The van der Waals surface area contributed by atoms with E-state index in [0.717, 1.165) is 71.3 Å². The maximum atomic E-state index is 5.30. The predicted octanol–water partition coefficient (Wildman–Crippen LogP) is 2.67. The van der Waals surface area contributed by atoms with Crippen molar-refractivity contribution in [2.75, 3.05) is 78.0 Å². The number of hydrogen-bond acceptors (Lipinski definition) is 4. The lowest BCUT2D eigenvalue weighted by Crippen LogP contribution is -2.47. The fourth-order valence-electron chi connectivity index (χ4n) is 4.29. The van der Waals surface area contributed by atoms with E-state index in [1.807, 2.05) is 7.05 Å². The minimum atomic E-state index is 0. The number of ether oxygens (including phenoxy) is 1. The molecule has 1 aromatic carbocycles. The molecule has 7 heteroatoms. The van der Waals surface area contributed by atoms with Gasteiger partial charge in [0.2, 0.25) is 0 Å². The SMILES string of the molecule is CN=C(NCCCN1CCN(c2cccc(C)c2)CC1)N1CCC(COC)C1.I. The second-order valence-electron chi connectivity index (χ2n) is 8.05. The number of nitrogens with one attached hydrogen (secondary N) is 1. The zero-order chi connectivity index (χ0) is 19.8. The Labute approximate surface area is 193 Å². The Morgan fingerprint density at radius 1 is 1.21 bits per heavy atom. The van der Waals surface area contributed by atoms with Crippen LogP contribution in [0.25, 0.3) is 0 Å². The normalized spacial score (nSPS) is 20.7. The summed E-state index contributed by atoms with van der Waals surface area (Å²) in [5.41, 5.74) is 2.70. The zero-order valence-electron chi connectivity index (χ0n) is 18.3. The summed E-state index contributed by atoms with van der Waals surface area (Å²) in [6, 6.07) is 8.85. The Hall–Kier alpha value is -1.06. The smallest absolute Gasteiger partial charge is 0.193 e. The van der Waals surface area contributed by atoms with Gasteiger partial charge in [0.05, 0.1) is 6.61 Å². The van der Waals surface area contributed by atoms with E-state index in [2.05, 4.69) is 56.2 Å². The topological polar surface area (TPSA) is 43.3 Å². The molecule has 0 aliphatic carbocycles. The molecule has 0 bridgehead atoms. The van der Waals surface area contributed by atoms with E-state index in [-0.39, 0.29) is 24.0 Å². The molecule has 1 atom stereocenters. The predicted molar refractivity (Wildman–Crippen MR) is 133 cm³/mol. The van der Waals surface area contributed by atoms with Gasteiger partial charge < -0.3 is 19.9 Å². The quantitative estimate of drug-likeness (QED) is 0.262. The number of aliphatic imine (C=N–C) groups is 1. The molecule has 1 N–H and O–H groups in total. The highest BCUT2D eigenvalue weighted by molar-refractivity contribution is 14.0. The van der Waals surface area contributed by atoms with Crippen molar-refractivity contribution in [2.24, 2.45) is 10.9 Å². The molecule has 0 amide bonds. The highest BCUT2D eigenvalue weighted by Crippen LogP contribution is 2.18. The van der Waals surface area contributed by atoms with Gasteiger partial charge in [-0.25, -0.2) is 0 Å². The molecule has 0 radical (unpaired) electrons. The average molecular weight is 515 g/mol. The summed E-state index contributed by atoms with van der Waals surface area (Å²) in [5, 5.41) is 3.55. The lowest BCUT2D eigenvalue weighted by molar-refractivity contribution is 0.157. The van der Waals surface area contributed by atoms with Crippen molar-refractivity contribution in [3.05, 3.63) is 29.8 Å². The van der Waals surface area contributed by atoms with Crippen molar-refractivity contribution in [2.45, 2.75) is 19.8 Å². The van der Waals surface area contributed by atoms with E-state index in [1.165, 1.54) is 17.7 Å². The van der Waals surface area contributed by atoms with Crippen LogP contribution < -0.4 is 10.2 Å². The molecule has 29 heavy (non-hydrogen) atoms. The lowest BCUT2D eigenvalue weighted by Gasteiger charge is -2.36. The molecule has 2 fully saturated rings. The second kappa shape index (κ2) is 12.6. The summed E-state index contributed by atoms with van der Waals surface area (Å²) in [5.74, 6) is 1.68. The van der Waals surface area contributed by atoms with E-state index < -0.39 is 0 Å². The molecule has 1 unspecified atom stereocenters. The van der Waals surface area contributed by atoms with E-state index in [9.17, 15) is 0 Å².